The van der Waals surface area contributed by atoms with Crippen molar-refractivity contribution in [1.29, 1.82) is 0 Å². The third-order valence-corrected chi connectivity index (χ3v) is 2.35. The Labute approximate surface area is 94.7 Å². The van der Waals surface area contributed by atoms with E-state index >= 15 is 0 Å². The third-order valence-electron chi connectivity index (χ3n) is 1.79. The van der Waals surface area contributed by atoms with Gasteiger partial charge < -0.3 is 5.32 Å². The fourth-order valence-corrected chi connectivity index (χ4v) is 1.32. The standard InChI is InChI=1S/C6H13N3S2.Se/c1-8(6(10)11)9-4-2-7-3-5-9;/h7H,2-5H2,1H3,(H,10,11);. The van der Waals surface area contributed by atoms with E-state index in [1.54, 1.807) is 0 Å². The van der Waals surface area contributed by atoms with Crippen LogP contribution in [0.5, 0.6) is 0 Å². The molecule has 0 aromatic heterocycles. The summed E-state index contributed by atoms with van der Waals surface area (Å²) >= 11 is 9.03. The summed E-state index contributed by atoms with van der Waals surface area (Å²) in [6.45, 7) is 4.08. The second kappa shape index (κ2) is 6.18. The fraction of sp³-hybridized carbons (Fsp3) is 0.833. The predicted molar refractivity (Wildman–Crippen MR) is 59.5 cm³/mol. The zero-order valence-corrected chi connectivity index (χ0v) is 10.4. The topological polar surface area (TPSA) is 18.5 Å². The van der Waals surface area contributed by atoms with Crippen LogP contribution < -0.4 is 5.32 Å². The Hall–Kier alpha value is 0.679. The van der Waals surface area contributed by atoms with E-state index in [2.05, 4.69) is 23.0 Å². The van der Waals surface area contributed by atoms with Gasteiger partial charge in [0.25, 0.3) is 0 Å². The molecule has 0 aliphatic carbocycles. The van der Waals surface area contributed by atoms with E-state index in [0.29, 0.717) is 4.32 Å². The number of hydrogen-bond acceptors (Lipinski definition) is 3. The van der Waals surface area contributed by atoms with Gasteiger partial charge in [0.2, 0.25) is 0 Å². The minimum absolute atomic E-state index is 0. The normalized spacial score (nSPS) is 18.2. The van der Waals surface area contributed by atoms with E-state index in [1.165, 1.54) is 0 Å². The van der Waals surface area contributed by atoms with E-state index in [0.717, 1.165) is 26.2 Å². The first-order valence-corrected chi connectivity index (χ1v) is 4.49. The summed E-state index contributed by atoms with van der Waals surface area (Å²) in [6.07, 6.45) is 0. The first-order valence-electron chi connectivity index (χ1n) is 3.64. The maximum Gasteiger partial charge on any atom is 0.147 e. The Bertz CT molecular complexity index is 150. The number of thiol groups is 1. The molecule has 1 rings (SSSR count). The Balaban J connectivity index is 0.00000121. The molecule has 3 nitrogen and oxygen atoms in total. The minimum Gasteiger partial charge on any atom is -0.314 e. The number of rotatable bonds is 1. The van der Waals surface area contributed by atoms with Crippen LogP contribution in [0.1, 0.15) is 0 Å². The van der Waals surface area contributed by atoms with Gasteiger partial charge in [-0.2, -0.15) is 0 Å². The van der Waals surface area contributed by atoms with Crippen LogP contribution in [-0.4, -0.2) is 64.6 Å². The van der Waals surface area contributed by atoms with Gasteiger partial charge in [-0.05, 0) is 0 Å². The molecule has 0 saturated carbocycles. The number of nitrogens with zero attached hydrogens (tertiary/aromatic N) is 2. The quantitative estimate of drug-likeness (QED) is 0.382. The predicted octanol–water partition coefficient (Wildman–Crippen LogP) is -0.428. The van der Waals surface area contributed by atoms with Crippen LogP contribution in [0.25, 0.3) is 0 Å². The van der Waals surface area contributed by atoms with Crippen molar-refractivity contribution in [3.05, 3.63) is 0 Å². The van der Waals surface area contributed by atoms with Crippen LogP contribution in [0, 0.1) is 0 Å². The van der Waals surface area contributed by atoms with Gasteiger partial charge in [-0.3, -0.25) is 5.01 Å². The van der Waals surface area contributed by atoms with Crippen LogP contribution in [0.3, 0.4) is 0 Å². The number of thiocarbonyl (C=S) groups is 1. The molecule has 1 heterocycles. The van der Waals surface area contributed by atoms with Gasteiger partial charge in [-0.15, -0.1) is 12.6 Å². The van der Waals surface area contributed by atoms with Crippen LogP contribution in [0.4, 0.5) is 0 Å². The fourth-order valence-electron chi connectivity index (χ4n) is 1.07. The monoisotopic (exact) mass is 271 g/mol. The van der Waals surface area contributed by atoms with Crippen molar-refractivity contribution in [2.45, 2.75) is 0 Å². The molecule has 0 aromatic rings. The molecule has 1 saturated heterocycles. The second-order valence-electron chi connectivity index (χ2n) is 2.51. The van der Waals surface area contributed by atoms with E-state index < -0.39 is 0 Å². The largest absolute Gasteiger partial charge is 0.314 e. The van der Waals surface area contributed by atoms with E-state index in [9.17, 15) is 0 Å². The van der Waals surface area contributed by atoms with Gasteiger partial charge in [0.15, 0.2) is 0 Å². The first-order chi connectivity index (χ1) is 5.22. The maximum absolute atomic E-state index is 4.93. The molecule has 0 spiro atoms. The zero-order chi connectivity index (χ0) is 8.27. The number of hydrazine groups is 1. The van der Waals surface area contributed by atoms with Crippen molar-refractivity contribution in [1.82, 2.24) is 15.3 Å². The summed E-state index contributed by atoms with van der Waals surface area (Å²) in [6, 6.07) is 0. The molecule has 12 heavy (non-hydrogen) atoms. The van der Waals surface area contributed by atoms with Crippen LogP contribution in [0.15, 0.2) is 0 Å². The summed E-state index contributed by atoms with van der Waals surface area (Å²) in [5.41, 5.74) is 0. The molecule has 0 unspecified atom stereocenters. The first kappa shape index (κ1) is 12.7. The molecule has 1 N–H and O–H groups in total. The molecule has 1 fully saturated rings. The minimum atomic E-state index is 0. The molecule has 70 valence electrons. The number of piperazine rings is 1. The van der Waals surface area contributed by atoms with E-state index in [-0.39, 0.29) is 17.1 Å². The van der Waals surface area contributed by atoms with Crippen LogP contribution in [-0.2, 0) is 0 Å². The summed E-state index contributed by atoms with van der Waals surface area (Å²) in [4.78, 5) is 0. The maximum atomic E-state index is 4.93. The van der Waals surface area contributed by atoms with Gasteiger partial charge in [0.05, 0.1) is 0 Å². The SMILES string of the molecule is CN(C(=S)S)N1CCNCC1.[Se]. The molecular weight excluding hydrogens is 257 g/mol. The molecular formula is C6H13N3S2Se. The number of nitrogens with one attached hydrogen (secondary N) is 1. The van der Waals surface area contributed by atoms with Gasteiger partial charge in [-0.25, -0.2) is 5.01 Å². The van der Waals surface area contributed by atoms with Gasteiger partial charge in [-0.1, -0.05) is 12.2 Å². The third kappa shape index (κ3) is 3.60. The molecule has 2 radical (unpaired) electrons. The van der Waals surface area contributed by atoms with Crippen LogP contribution in [0.2, 0.25) is 0 Å². The van der Waals surface area contributed by atoms with E-state index in [4.69, 9.17) is 12.2 Å². The second-order valence-corrected chi connectivity index (χ2v) is 3.62. The van der Waals surface area contributed by atoms with Crippen molar-refractivity contribution in [3.63, 3.8) is 0 Å². The van der Waals surface area contributed by atoms with Crippen molar-refractivity contribution in [2.24, 2.45) is 0 Å². The molecule has 1 aliphatic heterocycles. The summed E-state index contributed by atoms with van der Waals surface area (Å²) in [5, 5.41) is 7.37. The summed E-state index contributed by atoms with van der Waals surface area (Å²) in [5.74, 6) is 0. The van der Waals surface area contributed by atoms with Gasteiger partial charge in [0, 0.05) is 50.3 Å². The Morgan fingerprint density at radius 1 is 1.50 bits per heavy atom. The van der Waals surface area contributed by atoms with Crippen molar-refractivity contribution >= 4 is 46.2 Å². The Morgan fingerprint density at radius 2 is 2.00 bits per heavy atom. The molecule has 6 heteroatoms. The molecule has 0 amide bonds. The zero-order valence-electron chi connectivity index (χ0n) is 6.99. The average molecular weight is 270 g/mol. The Morgan fingerprint density at radius 3 is 2.42 bits per heavy atom. The Kier molecular flexibility index (Phi) is 6.53. The van der Waals surface area contributed by atoms with Crippen molar-refractivity contribution in [3.8, 4) is 0 Å². The smallest absolute Gasteiger partial charge is 0.147 e. The van der Waals surface area contributed by atoms with Crippen molar-refractivity contribution < 1.29 is 0 Å². The van der Waals surface area contributed by atoms with Crippen LogP contribution >= 0.6 is 24.8 Å². The molecule has 1 aliphatic rings. The summed E-state index contributed by atoms with van der Waals surface area (Å²) in [7, 11) is 1.95. The molecule has 0 atom stereocenters. The van der Waals surface area contributed by atoms with Gasteiger partial charge in [0.1, 0.15) is 4.32 Å². The molecule has 0 bridgehead atoms. The van der Waals surface area contributed by atoms with E-state index in [1.807, 2.05) is 12.1 Å². The van der Waals surface area contributed by atoms with Crippen molar-refractivity contribution in [2.75, 3.05) is 33.2 Å². The summed E-state index contributed by atoms with van der Waals surface area (Å²) < 4.78 is 0.631. The molecule has 0 aromatic carbocycles. The average Bonchev–Trinajstić information content (AvgIpc) is 2.05. The number of hydrogen-bond donors (Lipinski definition) is 2. The van der Waals surface area contributed by atoms with Gasteiger partial charge >= 0.3 is 0 Å².